The van der Waals surface area contributed by atoms with Crippen molar-refractivity contribution < 1.29 is 13.2 Å². The van der Waals surface area contributed by atoms with Gasteiger partial charge >= 0.3 is 6.18 Å². The number of nitrogens with one attached hydrogen (secondary N) is 1. The van der Waals surface area contributed by atoms with E-state index in [-0.39, 0.29) is 11.5 Å². The van der Waals surface area contributed by atoms with Gasteiger partial charge in [0, 0.05) is 19.4 Å². The number of pyridine rings is 1. The smallest absolute Gasteiger partial charge is 0.373 e. The van der Waals surface area contributed by atoms with Gasteiger partial charge in [-0.05, 0) is 12.1 Å². The average molecular weight is 254 g/mol. The van der Waals surface area contributed by atoms with E-state index in [0.29, 0.717) is 5.69 Å². The van der Waals surface area contributed by atoms with Gasteiger partial charge in [0.1, 0.15) is 11.5 Å². The molecule has 0 fully saturated rings. The molecule has 7 heteroatoms. The van der Waals surface area contributed by atoms with Gasteiger partial charge in [0.05, 0.1) is 17.5 Å². The van der Waals surface area contributed by atoms with Gasteiger partial charge in [-0.15, -0.1) is 0 Å². The van der Waals surface area contributed by atoms with Crippen LogP contribution in [-0.4, -0.2) is 22.0 Å². The van der Waals surface area contributed by atoms with Gasteiger partial charge in [-0.3, -0.25) is 9.97 Å². The lowest BCUT2D eigenvalue weighted by atomic mass is 10.2. The van der Waals surface area contributed by atoms with E-state index in [9.17, 15) is 13.2 Å². The average Bonchev–Trinajstić information content (AvgIpc) is 2.38. The summed E-state index contributed by atoms with van der Waals surface area (Å²) in [4.78, 5) is 11.8. The molecule has 0 bridgehead atoms. The summed E-state index contributed by atoms with van der Waals surface area (Å²) in [7, 11) is 1.50. The SMILES string of the molecule is CNc1cc(C(F)(F)F)cc(-c2cnccn2)n1. The molecule has 0 aliphatic heterocycles. The number of anilines is 1. The van der Waals surface area contributed by atoms with E-state index >= 15 is 0 Å². The van der Waals surface area contributed by atoms with Crippen LogP contribution in [0.2, 0.25) is 0 Å². The Morgan fingerprint density at radius 2 is 1.89 bits per heavy atom. The number of aromatic nitrogens is 3. The van der Waals surface area contributed by atoms with E-state index in [1.807, 2.05) is 0 Å². The summed E-state index contributed by atoms with van der Waals surface area (Å²) < 4.78 is 38.1. The molecule has 0 aromatic carbocycles. The fourth-order valence-electron chi connectivity index (χ4n) is 1.38. The fourth-order valence-corrected chi connectivity index (χ4v) is 1.38. The van der Waals surface area contributed by atoms with E-state index in [1.54, 1.807) is 0 Å². The highest BCUT2D eigenvalue weighted by atomic mass is 19.4. The molecule has 94 valence electrons. The predicted octanol–water partition coefficient (Wildman–Crippen LogP) is 2.60. The van der Waals surface area contributed by atoms with Crippen molar-refractivity contribution in [2.45, 2.75) is 6.18 Å². The van der Waals surface area contributed by atoms with Crippen LogP contribution in [0.5, 0.6) is 0 Å². The summed E-state index contributed by atoms with van der Waals surface area (Å²) >= 11 is 0. The van der Waals surface area contributed by atoms with Crippen molar-refractivity contribution in [2.75, 3.05) is 12.4 Å². The maximum atomic E-state index is 12.7. The third-order valence-corrected chi connectivity index (χ3v) is 2.23. The van der Waals surface area contributed by atoms with Crippen LogP contribution in [-0.2, 0) is 6.18 Å². The third kappa shape index (κ3) is 2.55. The molecule has 0 aliphatic carbocycles. The molecule has 0 amide bonds. The Hall–Kier alpha value is -2.18. The molecule has 0 saturated carbocycles. The Morgan fingerprint density at radius 1 is 1.11 bits per heavy atom. The van der Waals surface area contributed by atoms with Gasteiger partial charge in [-0.1, -0.05) is 0 Å². The van der Waals surface area contributed by atoms with Crippen LogP contribution in [0.4, 0.5) is 19.0 Å². The molecule has 0 aliphatic rings. The summed E-state index contributed by atoms with van der Waals surface area (Å²) in [5.74, 6) is 0.130. The second-order valence-electron chi connectivity index (χ2n) is 3.46. The number of alkyl halides is 3. The number of hydrogen-bond acceptors (Lipinski definition) is 4. The molecular weight excluding hydrogens is 245 g/mol. The molecule has 18 heavy (non-hydrogen) atoms. The van der Waals surface area contributed by atoms with Crippen LogP contribution in [0.15, 0.2) is 30.7 Å². The summed E-state index contributed by atoms with van der Waals surface area (Å²) in [5, 5.41) is 2.59. The van der Waals surface area contributed by atoms with Crippen molar-refractivity contribution in [1.82, 2.24) is 15.0 Å². The highest BCUT2D eigenvalue weighted by Crippen LogP contribution is 2.32. The molecule has 2 aromatic rings. The zero-order valence-electron chi connectivity index (χ0n) is 9.36. The van der Waals surface area contributed by atoms with Gasteiger partial charge in [0.15, 0.2) is 0 Å². The highest BCUT2D eigenvalue weighted by molar-refractivity contribution is 5.58. The van der Waals surface area contributed by atoms with Crippen molar-refractivity contribution in [3.8, 4) is 11.4 Å². The van der Waals surface area contributed by atoms with E-state index in [2.05, 4.69) is 20.3 Å². The molecule has 0 atom stereocenters. The zero-order chi connectivity index (χ0) is 13.2. The molecule has 0 spiro atoms. The van der Waals surface area contributed by atoms with Crippen LogP contribution in [0, 0.1) is 0 Å². The molecule has 0 radical (unpaired) electrons. The fraction of sp³-hybridized carbons (Fsp3) is 0.182. The lowest BCUT2D eigenvalue weighted by Gasteiger charge is -2.10. The lowest BCUT2D eigenvalue weighted by Crippen LogP contribution is -2.07. The Labute approximate surface area is 101 Å². The second kappa shape index (κ2) is 4.59. The Bertz CT molecular complexity index is 540. The van der Waals surface area contributed by atoms with Gasteiger partial charge < -0.3 is 5.32 Å². The molecule has 0 saturated heterocycles. The maximum Gasteiger partial charge on any atom is 0.416 e. The predicted molar refractivity (Wildman–Crippen MR) is 59.8 cm³/mol. The minimum atomic E-state index is -4.43. The first kappa shape index (κ1) is 12.3. The summed E-state index contributed by atoms with van der Waals surface area (Å²) in [6.45, 7) is 0. The van der Waals surface area contributed by atoms with Gasteiger partial charge in [-0.25, -0.2) is 4.98 Å². The maximum absolute atomic E-state index is 12.7. The van der Waals surface area contributed by atoms with E-state index in [1.165, 1.54) is 25.6 Å². The van der Waals surface area contributed by atoms with Gasteiger partial charge in [0.2, 0.25) is 0 Å². The van der Waals surface area contributed by atoms with Crippen LogP contribution in [0.25, 0.3) is 11.4 Å². The minimum Gasteiger partial charge on any atom is -0.373 e. The van der Waals surface area contributed by atoms with Crippen LogP contribution in [0.3, 0.4) is 0 Å². The topological polar surface area (TPSA) is 50.7 Å². The largest absolute Gasteiger partial charge is 0.416 e. The first-order chi connectivity index (χ1) is 8.50. The summed E-state index contributed by atoms with van der Waals surface area (Å²) in [6.07, 6.45) is -0.222. The summed E-state index contributed by atoms with van der Waals surface area (Å²) in [5.41, 5.74) is -0.357. The van der Waals surface area contributed by atoms with Gasteiger partial charge in [-0.2, -0.15) is 13.2 Å². The van der Waals surface area contributed by atoms with E-state index in [0.717, 1.165) is 12.1 Å². The lowest BCUT2D eigenvalue weighted by molar-refractivity contribution is -0.137. The molecule has 2 aromatic heterocycles. The monoisotopic (exact) mass is 254 g/mol. The van der Waals surface area contributed by atoms with E-state index in [4.69, 9.17) is 0 Å². The summed E-state index contributed by atoms with van der Waals surface area (Å²) in [6, 6.07) is 1.89. The quantitative estimate of drug-likeness (QED) is 0.895. The first-order valence-corrected chi connectivity index (χ1v) is 5.04. The van der Waals surface area contributed by atoms with E-state index < -0.39 is 11.7 Å². The molecule has 1 N–H and O–H groups in total. The Balaban J connectivity index is 2.55. The van der Waals surface area contributed by atoms with Crippen LogP contribution in [0.1, 0.15) is 5.56 Å². The van der Waals surface area contributed by atoms with Crippen molar-refractivity contribution in [1.29, 1.82) is 0 Å². The van der Waals surface area contributed by atoms with Crippen LogP contribution >= 0.6 is 0 Å². The molecule has 0 unspecified atom stereocenters. The minimum absolute atomic E-state index is 0.127. The zero-order valence-corrected chi connectivity index (χ0v) is 9.36. The molecule has 2 rings (SSSR count). The number of halogens is 3. The van der Waals surface area contributed by atoms with Crippen molar-refractivity contribution >= 4 is 5.82 Å². The first-order valence-electron chi connectivity index (χ1n) is 5.04. The number of rotatable bonds is 2. The molecule has 2 heterocycles. The second-order valence-corrected chi connectivity index (χ2v) is 3.46. The Kier molecular flexibility index (Phi) is 3.14. The van der Waals surface area contributed by atoms with Gasteiger partial charge in [0.25, 0.3) is 0 Å². The normalized spacial score (nSPS) is 11.3. The van der Waals surface area contributed by atoms with Crippen molar-refractivity contribution in [3.05, 3.63) is 36.3 Å². The molecular formula is C11H9F3N4. The van der Waals surface area contributed by atoms with Crippen LogP contribution < -0.4 is 5.32 Å². The standard InChI is InChI=1S/C11H9F3N4/c1-15-10-5-7(11(12,13)14)4-8(18-10)9-6-16-2-3-17-9/h2-6H,1H3,(H,15,18). The highest BCUT2D eigenvalue weighted by Gasteiger charge is 2.31. The third-order valence-electron chi connectivity index (χ3n) is 2.23. The Morgan fingerprint density at radius 3 is 2.44 bits per heavy atom. The number of nitrogens with zero attached hydrogens (tertiary/aromatic N) is 3. The molecule has 4 nitrogen and oxygen atoms in total. The number of hydrogen-bond donors (Lipinski definition) is 1. The van der Waals surface area contributed by atoms with Crippen molar-refractivity contribution in [3.63, 3.8) is 0 Å². The van der Waals surface area contributed by atoms with Crippen molar-refractivity contribution in [2.24, 2.45) is 0 Å².